The van der Waals surface area contributed by atoms with Gasteiger partial charge in [-0.05, 0) is 50.6 Å². The van der Waals surface area contributed by atoms with Gasteiger partial charge in [-0.1, -0.05) is 35.9 Å². The molecule has 0 bridgehead atoms. The topological polar surface area (TPSA) is 40.6 Å². The smallest absolute Gasteiger partial charge is 0.255 e. The Kier molecular flexibility index (Phi) is 6.85. The minimum Gasteiger partial charge on any atom is -0.334 e. The molecule has 154 valence electrons. The van der Waals surface area contributed by atoms with Crippen molar-refractivity contribution >= 4 is 35.2 Å². The molecule has 2 aromatic carbocycles. The number of carbonyl (C=O) groups is 2. The molecule has 0 radical (unpaired) electrons. The van der Waals surface area contributed by atoms with E-state index >= 15 is 0 Å². The number of hydrogen-bond donors (Lipinski definition) is 0. The zero-order valence-electron chi connectivity index (χ0n) is 16.6. The molecule has 1 aliphatic heterocycles. The average molecular weight is 435 g/mol. The number of benzene rings is 2. The Morgan fingerprint density at radius 1 is 1.24 bits per heavy atom. The first-order valence-corrected chi connectivity index (χ1v) is 10.9. The van der Waals surface area contributed by atoms with E-state index in [1.165, 1.54) is 23.9 Å². The van der Waals surface area contributed by atoms with Gasteiger partial charge < -0.3 is 9.80 Å². The lowest BCUT2D eigenvalue weighted by atomic mass is 10.1. The number of rotatable bonds is 6. The van der Waals surface area contributed by atoms with Crippen molar-refractivity contribution in [2.75, 3.05) is 13.1 Å². The fourth-order valence-electron chi connectivity index (χ4n) is 3.42. The highest BCUT2D eigenvalue weighted by Gasteiger charge is 2.38. The fourth-order valence-corrected chi connectivity index (χ4v) is 4.93. The maximum absolute atomic E-state index is 13.7. The second kappa shape index (κ2) is 9.18. The van der Waals surface area contributed by atoms with Gasteiger partial charge >= 0.3 is 0 Å². The summed E-state index contributed by atoms with van der Waals surface area (Å²) in [6, 6.07) is 13.2. The highest BCUT2D eigenvalue weighted by Crippen LogP contribution is 2.42. The van der Waals surface area contributed by atoms with Gasteiger partial charge in [0.1, 0.15) is 11.2 Å². The van der Waals surface area contributed by atoms with Gasteiger partial charge in [-0.3, -0.25) is 9.59 Å². The Balaban J connectivity index is 1.79. The van der Waals surface area contributed by atoms with Gasteiger partial charge in [0.15, 0.2) is 0 Å². The minimum atomic E-state index is -0.326. The third kappa shape index (κ3) is 4.75. The second-order valence-electron chi connectivity index (χ2n) is 7.29. The van der Waals surface area contributed by atoms with Crippen molar-refractivity contribution in [2.45, 2.75) is 37.4 Å². The molecule has 29 heavy (non-hydrogen) atoms. The van der Waals surface area contributed by atoms with Crippen LogP contribution in [0.5, 0.6) is 0 Å². The number of amides is 2. The van der Waals surface area contributed by atoms with E-state index in [1.807, 2.05) is 26.8 Å². The summed E-state index contributed by atoms with van der Waals surface area (Å²) in [4.78, 5) is 29.2. The number of thioether (sulfide) groups is 1. The highest BCUT2D eigenvalue weighted by atomic mass is 35.5. The number of nitrogens with zero attached hydrogens (tertiary/aromatic N) is 2. The van der Waals surface area contributed by atoms with Crippen LogP contribution in [0.25, 0.3) is 0 Å². The Bertz CT molecular complexity index is 908. The molecule has 4 nitrogen and oxygen atoms in total. The lowest BCUT2D eigenvalue weighted by Gasteiger charge is -2.31. The maximum atomic E-state index is 13.7. The normalized spacial score (nSPS) is 19.1. The first-order valence-electron chi connectivity index (χ1n) is 9.56. The molecule has 2 unspecified atom stereocenters. The zero-order valence-corrected chi connectivity index (χ0v) is 18.2. The lowest BCUT2D eigenvalue weighted by Crippen LogP contribution is -2.44. The minimum absolute atomic E-state index is 0.00170. The molecule has 1 saturated heterocycles. The first-order chi connectivity index (χ1) is 13.8. The van der Waals surface area contributed by atoms with Gasteiger partial charge in [-0.25, -0.2) is 4.39 Å². The lowest BCUT2D eigenvalue weighted by molar-refractivity contribution is -0.130. The van der Waals surface area contributed by atoms with Gasteiger partial charge in [-0.15, -0.1) is 11.8 Å². The molecule has 1 fully saturated rings. The predicted octanol–water partition coefficient (Wildman–Crippen LogP) is 4.99. The van der Waals surface area contributed by atoms with E-state index in [-0.39, 0.29) is 34.3 Å². The molecule has 2 amide bonds. The van der Waals surface area contributed by atoms with Crippen LogP contribution in [0, 0.1) is 5.82 Å². The molecular formula is C22H24ClFN2O2S. The van der Waals surface area contributed by atoms with E-state index in [4.69, 9.17) is 11.6 Å². The average Bonchev–Trinajstić information content (AvgIpc) is 2.96. The van der Waals surface area contributed by atoms with E-state index in [2.05, 4.69) is 0 Å². The van der Waals surface area contributed by atoms with Crippen molar-refractivity contribution < 1.29 is 14.0 Å². The third-order valence-corrected chi connectivity index (χ3v) is 6.67. The third-order valence-electron chi connectivity index (χ3n) is 4.95. The van der Waals surface area contributed by atoms with Crippen molar-refractivity contribution in [3.8, 4) is 0 Å². The highest BCUT2D eigenvalue weighted by molar-refractivity contribution is 8.01. The molecule has 7 heteroatoms. The van der Waals surface area contributed by atoms with Crippen molar-refractivity contribution in [1.29, 1.82) is 0 Å². The summed E-state index contributed by atoms with van der Waals surface area (Å²) in [5.74, 6) is -0.494. The molecular weight excluding hydrogens is 411 g/mol. The van der Waals surface area contributed by atoms with Crippen LogP contribution in [-0.4, -0.2) is 46.0 Å². The Hall–Kier alpha value is -2.05. The Labute approximate surface area is 180 Å². The fraction of sp³-hybridized carbons (Fsp3) is 0.364. The monoisotopic (exact) mass is 434 g/mol. The van der Waals surface area contributed by atoms with Gasteiger partial charge in [0, 0.05) is 19.1 Å². The molecule has 0 N–H and O–H groups in total. The summed E-state index contributed by atoms with van der Waals surface area (Å²) >= 11 is 7.70. The van der Waals surface area contributed by atoms with Crippen LogP contribution in [0.3, 0.4) is 0 Å². The molecule has 1 heterocycles. The van der Waals surface area contributed by atoms with E-state index in [0.29, 0.717) is 23.7 Å². The van der Waals surface area contributed by atoms with Crippen molar-refractivity contribution in [1.82, 2.24) is 9.80 Å². The van der Waals surface area contributed by atoms with Gasteiger partial charge in [0.25, 0.3) is 5.91 Å². The summed E-state index contributed by atoms with van der Waals surface area (Å²) in [6.07, 6.45) is 0. The molecule has 2 aromatic rings. The Morgan fingerprint density at radius 3 is 2.62 bits per heavy atom. The van der Waals surface area contributed by atoms with E-state index in [1.54, 1.807) is 40.1 Å². The van der Waals surface area contributed by atoms with Crippen LogP contribution in [-0.2, 0) is 4.79 Å². The van der Waals surface area contributed by atoms with Crippen LogP contribution >= 0.6 is 23.4 Å². The number of halogens is 2. The molecule has 1 aliphatic rings. The summed E-state index contributed by atoms with van der Waals surface area (Å²) in [7, 11) is 0. The van der Waals surface area contributed by atoms with Crippen LogP contribution in [0.1, 0.15) is 42.1 Å². The molecule has 0 spiro atoms. The molecule has 0 saturated carbocycles. The summed E-state index contributed by atoms with van der Waals surface area (Å²) in [6.45, 7) is 6.46. The standard InChI is InChI=1S/C22H24ClFN2O2S/c1-14(2)25(21(28)18-9-4-5-10-19(18)23)11-12-26-20(27)15(3)29-22(26)16-7-6-8-17(24)13-16/h4-10,13-15,22H,11-12H2,1-3H3. The molecule has 3 rings (SSSR count). The van der Waals surface area contributed by atoms with Crippen molar-refractivity contribution in [3.05, 3.63) is 70.5 Å². The van der Waals surface area contributed by atoms with Crippen molar-refractivity contribution in [3.63, 3.8) is 0 Å². The molecule has 2 atom stereocenters. The summed E-state index contributed by atoms with van der Waals surface area (Å²) in [5.41, 5.74) is 1.20. The SMILES string of the molecule is CC1SC(c2cccc(F)c2)N(CCN(C(=O)c2ccccc2Cl)C(C)C)C1=O. The van der Waals surface area contributed by atoms with Crippen LogP contribution in [0.15, 0.2) is 48.5 Å². The van der Waals surface area contributed by atoms with Crippen LogP contribution < -0.4 is 0 Å². The first kappa shape index (κ1) is 21.7. The summed E-state index contributed by atoms with van der Waals surface area (Å²) < 4.78 is 13.7. The van der Waals surface area contributed by atoms with Crippen LogP contribution in [0.4, 0.5) is 4.39 Å². The van der Waals surface area contributed by atoms with Crippen LogP contribution in [0.2, 0.25) is 5.02 Å². The molecule has 0 aliphatic carbocycles. The summed E-state index contributed by atoms with van der Waals surface area (Å²) in [5, 5.41) is -0.0742. The van der Waals surface area contributed by atoms with E-state index < -0.39 is 0 Å². The number of carbonyl (C=O) groups excluding carboxylic acids is 2. The van der Waals surface area contributed by atoms with Gasteiger partial charge in [-0.2, -0.15) is 0 Å². The van der Waals surface area contributed by atoms with Gasteiger partial charge in [0.05, 0.1) is 15.8 Å². The van der Waals surface area contributed by atoms with E-state index in [9.17, 15) is 14.0 Å². The largest absolute Gasteiger partial charge is 0.334 e. The predicted molar refractivity (Wildman–Crippen MR) is 116 cm³/mol. The maximum Gasteiger partial charge on any atom is 0.255 e. The van der Waals surface area contributed by atoms with Crippen molar-refractivity contribution in [2.24, 2.45) is 0 Å². The Morgan fingerprint density at radius 2 is 1.97 bits per heavy atom. The number of hydrogen-bond acceptors (Lipinski definition) is 3. The van der Waals surface area contributed by atoms with Gasteiger partial charge in [0.2, 0.25) is 5.91 Å². The molecule has 0 aromatic heterocycles. The quantitative estimate of drug-likeness (QED) is 0.642. The second-order valence-corrected chi connectivity index (χ2v) is 9.12. The van der Waals surface area contributed by atoms with E-state index in [0.717, 1.165) is 5.56 Å². The zero-order chi connectivity index (χ0) is 21.1.